The summed E-state index contributed by atoms with van der Waals surface area (Å²) in [5, 5.41) is 0. The zero-order valence-electron chi connectivity index (χ0n) is 12.4. The Morgan fingerprint density at radius 2 is 1.27 bits per heavy atom. The molecule has 2 rings (SSSR count). The van der Waals surface area contributed by atoms with Crippen LogP contribution < -0.4 is 9.47 Å². The summed E-state index contributed by atoms with van der Waals surface area (Å²) in [7, 11) is 0. The monoisotopic (exact) mass is 296 g/mol. The zero-order valence-corrected chi connectivity index (χ0v) is 12.4. The molecule has 4 nitrogen and oxygen atoms in total. The van der Waals surface area contributed by atoms with Crippen molar-refractivity contribution in [1.82, 2.24) is 0 Å². The lowest BCUT2D eigenvalue weighted by Gasteiger charge is -2.07. The van der Waals surface area contributed by atoms with Gasteiger partial charge in [0.05, 0.1) is 0 Å². The fourth-order valence-electron chi connectivity index (χ4n) is 1.90. The molecule has 0 aliphatic heterocycles. The smallest absolute Gasteiger partial charge is 0.308 e. The Balaban J connectivity index is 2.30. The van der Waals surface area contributed by atoms with Crippen LogP contribution in [-0.2, 0) is 9.59 Å². The van der Waals surface area contributed by atoms with Crippen LogP contribution in [0.4, 0.5) is 0 Å². The average Bonchev–Trinajstić information content (AvgIpc) is 2.44. The number of carbonyl (C=O) groups excluding carboxylic acids is 2. The Hall–Kier alpha value is -2.88. The van der Waals surface area contributed by atoms with Crippen LogP contribution in [0.25, 0.3) is 12.2 Å². The Bertz CT molecular complexity index is 668. The van der Waals surface area contributed by atoms with Crippen LogP contribution in [0.3, 0.4) is 0 Å². The van der Waals surface area contributed by atoms with Gasteiger partial charge >= 0.3 is 11.9 Å². The molecule has 2 aromatic carbocycles. The van der Waals surface area contributed by atoms with Gasteiger partial charge in [-0.1, -0.05) is 42.5 Å². The molecule has 0 spiro atoms. The molecule has 0 bridgehead atoms. The van der Waals surface area contributed by atoms with Gasteiger partial charge in [-0.05, 0) is 23.3 Å². The molecule has 22 heavy (non-hydrogen) atoms. The van der Waals surface area contributed by atoms with E-state index in [4.69, 9.17) is 9.47 Å². The van der Waals surface area contributed by atoms with Gasteiger partial charge in [0.1, 0.15) is 11.5 Å². The van der Waals surface area contributed by atoms with E-state index < -0.39 is 11.9 Å². The minimum atomic E-state index is -0.432. The second-order valence-corrected chi connectivity index (χ2v) is 4.67. The van der Waals surface area contributed by atoms with E-state index in [1.54, 1.807) is 12.1 Å². The SMILES string of the molecule is CC(=O)Oc1cc(/C=C/c2ccccc2)cc(OC(C)=O)c1. The van der Waals surface area contributed by atoms with Crippen molar-refractivity contribution < 1.29 is 19.1 Å². The molecule has 0 aromatic heterocycles. The maximum absolute atomic E-state index is 11.1. The van der Waals surface area contributed by atoms with E-state index in [2.05, 4.69) is 0 Å². The minimum absolute atomic E-state index is 0.332. The lowest BCUT2D eigenvalue weighted by molar-refractivity contribution is -0.132. The third-order valence-corrected chi connectivity index (χ3v) is 2.69. The predicted molar refractivity (Wildman–Crippen MR) is 84.4 cm³/mol. The first-order valence-corrected chi connectivity index (χ1v) is 6.78. The van der Waals surface area contributed by atoms with Gasteiger partial charge in [0.2, 0.25) is 0 Å². The highest BCUT2D eigenvalue weighted by molar-refractivity contribution is 5.75. The summed E-state index contributed by atoms with van der Waals surface area (Å²) in [6, 6.07) is 14.7. The lowest BCUT2D eigenvalue weighted by Crippen LogP contribution is -2.04. The maximum atomic E-state index is 11.1. The Labute approximate surface area is 129 Å². The molecule has 0 N–H and O–H groups in total. The summed E-state index contributed by atoms with van der Waals surface area (Å²) in [5.74, 6) is -0.200. The van der Waals surface area contributed by atoms with Gasteiger partial charge in [-0.3, -0.25) is 9.59 Å². The molecule has 2 aromatic rings. The third-order valence-electron chi connectivity index (χ3n) is 2.69. The number of carbonyl (C=O) groups is 2. The summed E-state index contributed by atoms with van der Waals surface area (Å²) < 4.78 is 10.1. The van der Waals surface area contributed by atoms with Gasteiger partial charge in [0.25, 0.3) is 0 Å². The molecular formula is C18H16O4. The van der Waals surface area contributed by atoms with Crippen LogP contribution in [0.2, 0.25) is 0 Å². The van der Waals surface area contributed by atoms with Crippen molar-refractivity contribution in [2.24, 2.45) is 0 Å². The summed E-state index contributed by atoms with van der Waals surface area (Å²) in [6.07, 6.45) is 3.78. The number of esters is 2. The first-order chi connectivity index (χ1) is 10.5. The molecule has 0 amide bonds. The van der Waals surface area contributed by atoms with Crippen molar-refractivity contribution in [3.8, 4) is 11.5 Å². The number of hydrogen-bond acceptors (Lipinski definition) is 4. The van der Waals surface area contributed by atoms with Crippen LogP contribution in [0.5, 0.6) is 11.5 Å². The van der Waals surface area contributed by atoms with Crippen molar-refractivity contribution in [2.75, 3.05) is 0 Å². The largest absolute Gasteiger partial charge is 0.427 e. The van der Waals surface area contributed by atoms with E-state index in [0.29, 0.717) is 11.5 Å². The molecule has 0 saturated carbocycles. The van der Waals surface area contributed by atoms with Crippen molar-refractivity contribution in [2.45, 2.75) is 13.8 Å². The molecule has 0 aliphatic rings. The van der Waals surface area contributed by atoms with E-state index in [1.165, 1.54) is 19.9 Å². The van der Waals surface area contributed by atoms with Crippen LogP contribution in [0.1, 0.15) is 25.0 Å². The summed E-state index contributed by atoms with van der Waals surface area (Å²) in [6.45, 7) is 2.63. The molecule has 4 heteroatoms. The molecule has 0 aliphatic carbocycles. The molecule has 0 atom stereocenters. The second kappa shape index (κ2) is 7.22. The van der Waals surface area contributed by atoms with Gasteiger partial charge in [-0.25, -0.2) is 0 Å². The molecule has 0 fully saturated rings. The summed E-state index contributed by atoms with van der Waals surface area (Å²) in [4.78, 5) is 22.2. The maximum Gasteiger partial charge on any atom is 0.308 e. The topological polar surface area (TPSA) is 52.6 Å². The van der Waals surface area contributed by atoms with Gasteiger partial charge in [0.15, 0.2) is 0 Å². The number of hydrogen-bond donors (Lipinski definition) is 0. The quantitative estimate of drug-likeness (QED) is 0.490. The first kappa shape index (κ1) is 15.5. The molecule has 0 unspecified atom stereocenters. The Morgan fingerprint density at radius 3 is 1.77 bits per heavy atom. The van der Waals surface area contributed by atoms with Crippen LogP contribution in [0.15, 0.2) is 48.5 Å². The highest BCUT2D eigenvalue weighted by Crippen LogP contribution is 2.25. The van der Waals surface area contributed by atoms with Crippen molar-refractivity contribution in [3.05, 3.63) is 59.7 Å². The fraction of sp³-hybridized carbons (Fsp3) is 0.111. The number of benzene rings is 2. The minimum Gasteiger partial charge on any atom is -0.427 e. The van der Waals surface area contributed by atoms with E-state index in [9.17, 15) is 9.59 Å². The van der Waals surface area contributed by atoms with Gasteiger partial charge in [-0.15, -0.1) is 0 Å². The molecule has 0 heterocycles. The first-order valence-electron chi connectivity index (χ1n) is 6.78. The molecular weight excluding hydrogens is 280 g/mol. The molecule has 112 valence electrons. The van der Waals surface area contributed by atoms with Gasteiger partial charge in [-0.2, -0.15) is 0 Å². The molecule has 0 saturated heterocycles. The van der Waals surface area contributed by atoms with Crippen molar-refractivity contribution in [1.29, 1.82) is 0 Å². The van der Waals surface area contributed by atoms with Crippen LogP contribution >= 0.6 is 0 Å². The van der Waals surface area contributed by atoms with E-state index in [-0.39, 0.29) is 0 Å². The van der Waals surface area contributed by atoms with Gasteiger partial charge in [0, 0.05) is 19.9 Å². The normalized spacial score (nSPS) is 10.5. The Morgan fingerprint density at radius 1 is 0.773 bits per heavy atom. The Kier molecular flexibility index (Phi) is 5.09. The van der Waals surface area contributed by atoms with Crippen LogP contribution in [0, 0.1) is 0 Å². The van der Waals surface area contributed by atoms with Crippen LogP contribution in [-0.4, -0.2) is 11.9 Å². The summed E-state index contributed by atoms with van der Waals surface area (Å²) >= 11 is 0. The summed E-state index contributed by atoms with van der Waals surface area (Å²) in [5.41, 5.74) is 1.80. The highest BCUT2D eigenvalue weighted by atomic mass is 16.5. The second-order valence-electron chi connectivity index (χ2n) is 4.67. The lowest BCUT2D eigenvalue weighted by atomic mass is 10.1. The van der Waals surface area contributed by atoms with E-state index >= 15 is 0 Å². The molecule has 0 radical (unpaired) electrons. The fourth-order valence-corrected chi connectivity index (χ4v) is 1.90. The third kappa shape index (κ3) is 4.90. The number of rotatable bonds is 4. The zero-order chi connectivity index (χ0) is 15.9. The predicted octanol–water partition coefficient (Wildman–Crippen LogP) is 3.71. The van der Waals surface area contributed by atoms with E-state index in [1.807, 2.05) is 42.5 Å². The standard InChI is InChI=1S/C18H16O4/c1-13(19)21-17-10-16(11-18(12-17)22-14(2)20)9-8-15-6-4-3-5-7-15/h3-12H,1-2H3/b9-8+. The van der Waals surface area contributed by atoms with E-state index in [0.717, 1.165) is 11.1 Å². The average molecular weight is 296 g/mol. The number of ether oxygens (including phenoxy) is 2. The van der Waals surface area contributed by atoms with Gasteiger partial charge < -0.3 is 9.47 Å². The van der Waals surface area contributed by atoms with Crippen molar-refractivity contribution in [3.63, 3.8) is 0 Å². The van der Waals surface area contributed by atoms with Crippen molar-refractivity contribution >= 4 is 24.1 Å². The highest BCUT2D eigenvalue weighted by Gasteiger charge is 2.06.